The largest absolute Gasteiger partial charge is 0.493 e. The van der Waals surface area contributed by atoms with Gasteiger partial charge in [0.15, 0.2) is 11.5 Å². The van der Waals surface area contributed by atoms with Crippen LogP contribution in [0.4, 0.5) is 8.78 Å². The summed E-state index contributed by atoms with van der Waals surface area (Å²) in [6.07, 6.45) is 0. The van der Waals surface area contributed by atoms with Crippen LogP contribution in [0, 0.1) is 0 Å². The maximum Gasteiger partial charge on any atom is 0.387 e. The van der Waals surface area contributed by atoms with Gasteiger partial charge in [-0.1, -0.05) is 6.07 Å². The Morgan fingerprint density at radius 3 is 2.63 bits per heavy atom. The van der Waals surface area contributed by atoms with Crippen molar-refractivity contribution >= 4 is 0 Å². The normalized spacial score (nSPS) is 16.6. The number of alkyl halides is 2. The molecule has 6 heteroatoms. The minimum atomic E-state index is -2.84. The number of halogens is 2. The van der Waals surface area contributed by atoms with Crippen molar-refractivity contribution in [2.24, 2.45) is 0 Å². The Labute approximate surface area is 111 Å². The predicted molar refractivity (Wildman–Crippen MR) is 67.8 cm³/mol. The molecule has 0 saturated carbocycles. The number of hydrogen-bond donors (Lipinski definition) is 1. The smallest absolute Gasteiger partial charge is 0.387 e. The summed E-state index contributed by atoms with van der Waals surface area (Å²) < 4.78 is 33.9. The third-order valence-corrected chi connectivity index (χ3v) is 3.06. The van der Waals surface area contributed by atoms with E-state index in [0.717, 1.165) is 38.3 Å². The monoisotopic (exact) mass is 272 g/mol. The molecule has 1 N–H and O–H groups in total. The van der Waals surface area contributed by atoms with Gasteiger partial charge >= 0.3 is 6.61 Å². The molecule has 1 aromatic carbocycles. The van der Waals surface area contributed by atoms with E-state index in [0.29, 0.717) is 5.75 Å². The molecule has 1 fully saturated rings. The molecule has 0 unspecified atom stereocenters. The molecule has 1 aliphatic heterocycles. The fraction of sp³-hybridized carbons (Fsp3) is 0.538. The van der Waals surface area contributed by atoms with Gasteiger partial charge in [0.1, 0.15) is 0 Å². The standard InChI is InChI=1S/C13H18F2N2O2/c1-18-12-8-10(2-3-11(12)19-13(14)15)9-17-6-4-16-5-7-17/h2-3,8,13,16H,4-7,9H2,1H3. The van der Waals surface area contributed by atoms with Crippen LogP contribution in [0.15, 0.2) is 18.2 Å². The summed E-state index contributed by atoms with van der Waals surface area (Å²) in [5, 5.41) is 3.28. The molecule has 0 spiro atoms. The van der Waals surface area contributed by atoms with Crippen molar-refractivity contribution in [3.05, 3.63) is 23.8 Å². The molecular weight excluding hydrogens is 254 g/mol. The van der Waals surface area contributed by atoms with E-state index < -0.39 is 6.61 Å². The Kier molecular flexibility index (Phi) is 4.93. The molecule has 1 aromatic rings. The second kappa shape index (κ2) is 6.68. The number of benzene rings is 1. The molecule has 2 rings (SSSR count). The fourth-order valence-corrected chi connectivity index (χ4v) is 2.13. The summed E-state index contributed by atoms with van der Waals surface area (Å²) in [6.45, 7) is 1.86. The zero-order valence-electron chi connectivity index (χ0n) is 10.9. The van der Waals surface area contributed by atoms with Crippen LogP contribution in [0.2, 0.25) is 0 Å². The molecule has 0 radical (unpaired) electrons. The van der Waals surface area contributed by atoms with Crippen LogP contribution in [0.25, 0.3) is 0 Å². The van der Waals surface area contributed by atoms with Gasteiger partial charge in [0.05, 0.1) is 7.11 Å². The lowest BCUT2D eigenvalue weighted by atomic mass is 10.1. The number of piperazine rings is 1. The highest BCUT2D eigenvalue weighted by molar-refractivity contribution is 5.43. The SMILES string of the molecule is COc1cc(CN2CCNCC2)ccc1OC(F)F. The zero-order chi connectivity index (χ0) is 13.7. The number of methoxy groups -OCH3 is 1. The molecule has 1 saturated heterocycles. The lowest BCUT2D eigenvalue weighted by Gasteiger charge is -2.27. The van der Waals surface area contributed by atoms with E-state index in [-0.39, 0.29) is 5.75 Å². The first-order chi connectivity index (χ1) is 9.19. The Morgan fingerprint density at radius 2 is 2.00 bits per heavy atom. The van der Waals surface area contributed by atoms with Crippen LogP contribution in [0.3, 0.4) is 0 Å². The summed E-state index contributed by atoms with van der Waals surface area (Å²) in [7, 11) is 1.45. The molecular formula is C13H18F2N2O2. The average Bonchev–Trinajstić information content (AvgIpc) is 2.41. The molecule has 19 heavy (non-hydrogen) atoms. The Bertz CT molecular complexity index is 410. The third-order valence-electron chi connectivity index (χ3n) is 3.06. The van der Waals surface area contributed by atoms with Crippen LogP contribution < -0.4 is 14.8 Å². The van der Waals surface area contributed by atoms with Crippen molar-refractivity contribution < 1.29 is 18.3 Å². The maximum atomic E-state index is 12.2. The molecule has 0 bridgehead atoms. The van der Waals surface area contributed by atoms with E-state index >= 15 is 0 Å². The number of rotatable bonds is 5. The number of nitrogens with one attached hydrogen (secondary N) is 1. The molecule has 0 amide bonds. The van der Waals surface area contributed by atoms with E-state index in [4.69, 9.17) is 4.74 Å². The first kappa shape index (κ1) is 14.0. The summed E-state index contributed by atoms with van der Waals surface area (Å²) in [5.74, 6) is 0.412. The van der Waals surface area contributed by atoms with Gasteiger partial charge in [-0.05, 0) is 17.7 Å². The van der Waals surface area contributed by atoms with E-state index in [9.17, 15) is 8.78 Å². The minimum Gasteiger partial charge on any atom is -0.493 e. The van der Waals surface area contributed by atoms with Crippen molar-refractivity contribution in [2.45, 2.75) is 13.2 Å². The van der Waals surface area contributed by atoms with Gasteiger partial charge in [-0.2, -0.15) is 8.78 Å². The van der Waals surface area contributed by atoms with Crippen molar-refractivity contribution in [2.75, 3.05) is 33.3 Å². The first-order valence-corrected chi connectivity index (χ1v) is 6.24. The first-order valence-electron chi connectivity index (χ1n) is 6.24. The molecule has 4 nitrogen and oxygen atoms in total. The quantitative estimate of drug-likeness (QED) is 0.884. The van der Waals surface area contributed by atoms with Crippen LogP contribution in [-0.2, 0) is 6.54 Å². The van der Waals surface area contributed by atoms with Gasteiger partial charge in [0.2, 0.25) is 0 Å². The number of nitrogens with zero attached hydrogens (tertiary/aromatic N) is 1. The second-order valence-electron chi connectivity index (χ2n) is 4.39. The number of hydrogen-bond acceptors (Lipinski definition) is 4. The summed E-state index contributed by atoms with van der Waals surface area (Å²) >= 11 is 0. The van der Waals surface area contributed by atoms with Crippen LogP contribution in [-0.4, -0.2) is 44.8 Å². The molecule has 0 aliphatic carbocycles. The van der Waals surface area contributed by atoms with Gasteiger partial charge in [-0.3, -0.25) is 4.90 Å². The van der Waals surface area contributed by atoms with Crippen molar-refractivity contribution in [3.63, 3.8) is 0 Å². The van der Waals surface area contributed by atoms with Crippen LogP contribution >= 0.6 is 0 Å². The average molecular weight is 272 g/mol. The molecule has 1 aliphatic rings. The highest BCUT2D eigenvalue weighted by Gasteiger charge is 2.14. The Hall–Kier alpha value is -1.40. The minimum absolute atomic E-state index is 0.0709. The summed E-state index contributed by atoms with van der Waals surface area (Å²) in [4.78, 5) is 2.30. The van der Waals surface area contributed by atoms with E-state index in [2.05, 4.69) is 15.0 Å². The molecule has 106 valence electrons. The summed E-state index contributed by atoms with van der Waals surface area (Å²) in [5.41, 5.74) is 1.03. The van der Waals surface area contributed by atoms with Crippen LogP contribution in [0.5, 0.6) is 11.5 Å². The topological polar surface area (TPSA) is 33.7 Å². The van der Waals surface area contributed by atoms with Crippen LogP contribution in [0.1, 0.15) is 5.56 Å². The van der Waals surface area contributed by atoms with E-state index in [1.165, 1.54) is 13.2 Å². The maximum absolute atomic E-state index is 12.2. The summed E-state index contributed by atoms with van der Waals surface area (Å²) in [6, 6.07) is 5.07. The second-order valence-corrected chi connectivity index (χ2v) is 4.39. The molecule has 0 atom stereocenters. The van der Waals surface area contributed by atoms with Gasteiger partial charge in [0, 0.05) is 32.7 Å². The zero-order valence-corrected chi connectivity index (χ0v) is 10.9. The Balaban J connectivity index is 2.05. The lowest BCUT2D eigenvalue weighted by Crippen LogP contribution is -2.42. The lowest BCUT2D eigenvalue weighted by molar-refractivity contribution is -0.0512. The fourth-order valence-electron chi connectivity index (χ4n) is 2.13. The molecule has 1 heterocycles. The van der Waals surface area contributed by atoms with Crippen molar-refractivity contribution in [1.29, 1.82) is 0 Å². The van der Waals surface area contributed by atoms with Gasteiger partial charge in [-0.15, -0.1) is 0 Å². The van der Waals surface area contributed by atoms with Crippen molar-refractivity contribution in [3.8, 4) is 11.5 Å². The highest BCUT2D eigenvalue weighted by atomic mass is 19.3. The van der Waals surface area contributed by atoms with Gasteiger partial charge in [-0.25, -0.2) is 0 Å². The predicted octanol–water partition coefficient (Wildman–Crippen LogP) is 1.70. The van der Waals surface area contributed by atoms with Gasteiger partial charge < -0.3 is 14.8 Å². The number of ether oxygens (including phenoxy) is 2. The highest BCUT2D eigenvalue weighted by Crippen LogP contribution is 2.29. The molecule has 0 aromatic heterocycles. The third kappa shape index (κ3) is 4.04. The van der Waals surface area contributed by atoms with Gasteiger partial charge in [0.25, 0.3) is 0 Å². The van der Waals surface area contributed by atoms with E-state index in [1.54, 1.807) is 12.1 Å². The van der Waals surface area contributed by atoms with Crippen molar-refractivity contribution in [1.82, 2.24) is 10.2 Å². The van der Waals surface area contributed by atoms with E-state index in [1.807, 2.05) is 0 Å². The Morgan fingerprint density at radius 1 is 1.26 bits per heavy atom.